The molecule has 0 saturated carbocycles. The van der Waals surface area contributed by atoms with Crippen molar-refractivity contribution >= 4 is 39.5 Å². The lowest BCUT2D eigenvalue weighted by atomic mass is 10.2. The number of carbonyl (C=O) groups is 3. The monoisotopic (exact) mass is 343 g/mol. The third-order valence-corrected chi connectivity index (χ3v) is 3.06. The van der Waals surface area contributed by atoms with Crippen LogP contribution in [0.5, 0.6) is 0 Å². The molecule has 0 heterocycles. The maximum Gasteiger partial charge on any atom is 0.336 e. The van der Waals surface area contributed by atoms with Crippen LogP contribution in [0.1, 0.15) is 16.8 Å². The number of carbonyl (C=O) groups excluding carboxylic acids is 2. The van der Waals surface area contributed by atoms with E-state index in [1.165, 1.54) is 19.2 Å². The Morgan fingerprint density at radius 3 is 2.60 bits per heavy atom. The first kappa shape index (κ1) is 16.0. The van der Waals surface area contributed by atoms with Crippen LogP contribution in [0.3, 0.4) is 0 Å². The van der Waals surface area contributed by atoms with Gasteiger partial charge in [0.15, 0.2) is 0 Å². The number of urea groups is 1. The molecule has 0 bridgehead atoms. The summed E-state index contributed by atoms with van der Waals surface area (Å²) in [6.45, 7) is 0.188. The van der Waals surface area contributed by atoms with Gasteiger partial charge < -0.3 is 21.1 Å². The van der Waals surface area contributed by atoms with Crippen LogP contribution in [0.15, 0.2) is 22.7 Å². The molecular formula is C12H14BrN3O4. The van der Waals surface area contributed by atoms with Gasteiger partial charge in [-0.2, -0.15) is 0 Å². The van der Waals surface area contributed by atoms with Crippen LogP contribution in [-0.4, -0.2) is 36.6 Å². The van der Waals surface area contributed by atoms with Crippen molar-refractivity contribution in [3.05, 3.63) is 28.2 Å². The molecule has 4 N–H and O–H groups in total. The van der Waals surface area contributed by atoms with Gasteiger partial charge in [0, 0.05) is 30.2 Å². The largest absolute Gasteiger partial charge is 0.478 e. The maximum absolute atomic E-state index is 11.5. The van der Waals surface area contributed by atoms with Crippen molar-refractivity contribution in [1.29, 1.82) is 0 Å². The van der Waals surface area contributed by atoms with E-state index in [1.807, 2.05) is 0 Å². The first-order chi connectivity index (χ1) is 9.43. The zero-order valence-electron chi connectivity index (χ0n) is 10.7. The molecule has 0 fully saturated rings. The molecule has 7 nitrogen and oxygen atoms in total. The molecule has 8 heteroatoms. The second-order valence-electron chi connectivity index (χ2n) is 3.80. The van der Waals surface area contributed by atoms with Gasteiger partial charge >= 0.3 is 12.0 Å². The Hall–Kier alpha value is -2.09. The van der Waals surface area contributed by atoms with Gasteiger partial charge in [-0.1, -0.05) is 0 Å². The lowest BCUT2D eigenvalue weighted by Crippen LogP contribution is -2.32. The number of carboxylic acids is 1. The molecule has 0 aliphatic rings. The van der Waals surface area contributed by atoms with Crippen molar-refractivity contribution in [3.63, 3.8) is 0 Å². The standard InChI is InChI=1S/C12H14BrN3O4/c1-14-10(17)4-5-15-12(20)16-7-2-3-9(13)8(6-7)11(18)19/h2-3,6H,4-5H2,1H3,(H,14,17)(H,18,19)(H2,15,16,20). The van der Waals surface area contributed by atoms with Gasteiger partial charge in [0.1, 0.15) is 0 Å². The molecule has 0 spiro atoms. The van der Waals surface area contributed by atoms with Gasteiger partial charge in [-0.3, -0.25) is 4.79 Å². The molecule has 0 radical (unpaired) electrons. The van der Waals surface area contributed by atoms with Gasteiger partial charge in [-0.25, -0.2) is 9.59 Å². The molecular weight excluding hydrogens is 330 g/mol. The molecule has 0 unspecified atom stereocenters. The number of halogens is 1. The Labute approximate surface area is 123 Å². The second-order valence-corrected chi connectivity index (χ2v) is 4.66. The number of carboxylic acid groups (broad SMARTS) is 1. The first-order valence-electron chi connectivity index (χ1n) is 5.72. The Bertz CT molecular complexity index is 533. The second kappa shape index (κ2) is 7.49. The molecule has 3 amide bonds. The minimum Gasteiger partial charge on any atom is -0.478 e. The highest BCUT2D eigenvalue weighted by atomic mass is 79.9. The summed E-state index contributed by atoms with van der Waals surface area (Å²) >= 11 is 3.11. The summed E-state index contributed by atoms with van der Waals surface area (Å²) < 4.78 is 0.426. The summed E-state index contributed by atoms with van der Waals surface area (Å²) in [5.41, 5.74) is 0.399. The van der Waals surface area contributed by atoms with Crippen molar-refractivity contribution in [2.45, 2.75) is 6.42 Å². The molecule has 0 aliphatic carbocycles. The molecule has 0 saturated heterocycles. The highest BCUT2D eigenvalue weighted by molar-refractivity contribution is 9.10. The number of anilines is 1. The number of hydrogen-bond acceptors (Lipinski definition) is 3. The molecule has 1 aromatic rings. The van der Waals surface area contributed by atoms with E-state index in [1.54, 1.807) is 6.07 Å². The molecule has 108 valence electrons. The first-order valence-corrected chi connectivity index (χ1v) is 6.51. The van der Waals surface area contributed by atoms with E-state index in [4.69, 9.17) is 5.11 Å². The molecule has 0 aromatic heterocycles. The highest BCUT2D eigenvalue weighted by Crippen LogP contribution is 2.21. The van der Waals surface area contributed by atoms with Crippen molar-refractivity contribution in [3.8, 4) is 0 Å². The van der Waals surface area contributed by atoms with Gasteiger partial charge in [-0.15, -0.1) is 0 Å². The minimum atomic E-state index is -1.10. The predicted octanol–water partition coefficient (Wildman–Crippen LogP) is 1.40. The van der Waals surface area contributed by atoms with Crippen molar-refractivity contribution in [2.24, 2.45) is 0 Å². The van der Waals surface area contributed by atoms with Crippen molar-refractivity contribution in [1.82, 2.24) is 10.6 Å². The Morgan fingerprint density at radius 2 is 2.00 bits per heavy atom. The number of rotatable bonds is 5. The Balaban J connectivity index is 2.56. The average molecular weight is 344 g/mol. The average Bonchev–Trinajstić information content (AvgIpc) is 2.40. The predicted molar refractivity (Wildman–Crippen MR) is 76.8 cm³/mol. The third kappa shape index (κ3) is 4.88. The summed E-state index contributed by atoms with van der Waals surface area (Å²) in [7, 11) is 1.51. The minimum absolute atomic E-state index is 0.0492. The summed E-state index contributed by atoms with van der Waals surface area (Å²) in [6, 6.07) is 3.93. The zero-order chi connectivity index (χ0) is 15.1. The van der Waals surface area contributed by atoms with E-state index in [0.29, 0.717) is 10.2 Å². The summed E-state index contributed by atoms with van der Waals surface area (Å²) in [5, 5.41) is 16.4. The van der Waals surface area contributed by atoms with E-state index >= 15 is 0 Å². The molecule has 1 rings (SSSR count). The Morgan fingerprint density at radius 1 is 1.30 bits per heavy atom. The highest BCUT2D eigenvalue weighted by Gasteiger charge is 2.10. The SMILES string of the molecule is CNC(=O)CCNC(=O)Nc1ccc(Br)c(C(=O)O)c1. The molecule has 0 aliphatic heterocycles. The molecule has 1 aromatic carbocycles. The van der Waals surface area contributed by atoms with Crippen LogP contribution in [0, 0.1) is 0 Å². The number of hydrogen-bond donors (Lipinski definition) is 4. The van der Waals surface area contributed by atoms with Gasteiger partial charge in [0.2, 0.25) is 5.91 Å². The van der Waals surface area contributed by atoms with Crippen LogP contribution >= 0.6 is 15.9 Å². The van der Waals surface area contributed by atoms with Gasteiger partial charge in [-0.05, 0) is 34.1 Å². The van der Waals surface area contributed by atoms with Crippen LogP contribution in [0.2, 0.25) is 0 Å². The van der Waals surface area contributed by atoms with E-state index in [0.717, 1.165) is 0 Å². The van der Waals surface area contributed by atoms with Crippen LogP contribution < -0.4 is 16.0 Å². The fraction of sp³-hybridized carbons (Fsp3) is 0.250. The number of benzene rings is 1. The summed E-state index contributed by atoms with van der Waals surface area (Å²) in [6.07, 6.45) is 0.171. The summed E-state index contributed by atoms with van der Waals surface area (Å²) in [5.74, 6) is -1.28. The number of aromatic carboxylic acids is 1. The van der Waals surface area contributed by atoms with E-state index in [9.17, 15) is 14.4 Å². The van der Waals surface area contributed by atoms with E-state index in [-0.39, 0.29) is 24.4 Å². The zero-order valence-corrected chi connectivity index (χ0v) is 12.3. The Kier molecular flexibility index (Phi) is 5.98. The summed E-state index contributed by atoms with van der Waals surface area (Å²) in [4.78, 5) is 33.4. The lowest BCUT2D eigenvalue weighted by Gasteiger charge is -2.08. The van der Waals surface area contributed by atoms with E-state index < -0.39 is 12.0 Å². The van der Waals surface area contributed by atoms with Crippen molar-refractivity contribution < 1.29 is 19.5 Å². The van der Waals surface area contributed by atoms with Crippen LogP contribution in [-0.2, 0) is 4.79 Å². The number of nitrogens with one attached hydrogen (secondary N) is 3. The topological polar surface area (TPSA) is 108 Å². The molecule has 20 heavy (non-hydrogen) atoms. The fourth-order valence-corrected chi connectivity index (χ4v) is 1.77. The number of amides is 3. The van der Waals surface area contributed by atoms with E-state index in [2.05, 4.69) is 31.9 Å². The smallest absolute Gasteiger partial charge is 0.336 e. The quantitative estimate of drug-likeness (QED) is 0.648. The fourth-order valence-electron chi connectivity index (χ4n) is 1.36. The normalized spacial score (nSPS) is 9.70. The van der Waals surface area contributed by atoms with Gasteiger partial charge in [0.05, 0.1) is 5.56 Å². The van der Waals surface area contributed by atoms with Gasteiger partial charge in [0.25, 0.3) is 0 Å². The molecule has 0 atom stereocenters. The third-order valence-electron chi connectivity index (χ3n) is 2.37. The maximum atomic E-state index is 11.5. The van der Waals surface area contributed by atoms with Crippen molar-refractivity contribution in [2.75, 3.05) is 18.9 Å². The lowest BCUT2D eigenvalue weighted by molar-refractivity contribution is -0.120. The van der Waals surface area contributed by atoms with Crippen LogP contribution in [0.25, 0.3) is 0 Å². The van der Waals surface area contributed by atoms with Crippen LogP contribution in [0.4, 0.5) is 10.5 Å².